The molecule has 9 nitrogen and oxygen atoms in total. The highest BCUT2D eigenvalue weighted by Crippen LogP contribution is 2.33. The number of amides is 2. The van der Waals surface area contributed by atoms with Gasteiger partial charge in [-0.3, -0.25) is 14.3 Å². The summed E-state index contributed by atoms with van der Waals surface area (Å²) in [4.78, 5) is 24.3. The van der Waals surface area contributed by atoms with E-state index in [4.69, 9.17) is 15.2 Å². The minimum absolute atomic E-state index is 0.00529. The smallest absolute Gasteiger partial charge is 0.261 e. The van der Waals surface area contributed by atoms with E-state index < -0.39 is 27.7 Å². The van der Waals surface area contributed by atoms with Gasteiger partial charge in [0.2, 0.25) is 0 Å². The number of nitrogens with one attached hydrogen (secondary N) is 2. The summed E-state index contributed by atoms with van der Waals surface area (Å²) >= 11 is 0. The van der Waals surface area contributed by atoms with E-state index >= 15 is 0 Å². The minimum atomic E-state index is -4.09. The first-order chi connectivity index (χ1) is 15.7. The van der Waals surface area contributed by atoms with Gasteiger partial charge < -0.3 is 20.5 Å². The SMILES string of the molecule is COc1cc(NC(=O)c2ccc(S(=O)(=O)Nc3ccccc3F)cc2)c(C(N)=O)cc1OC. The Morgan fingerprint density at radius 2 is 1.52 bits per heavy atom. The van der Waals surface area contributed by atoms with Gasteiger partial charge in [0, 0.05) is 11.6 Å². The number of benzene rings is 3. The molecule has 3 aromatic rings. The maximum atomic E-state index is 13.8. The third-order valence-electron chi connectivity index (χ3n) is 4.58. The largest absolute Gasteiger partial charge is 0.493 e. The van der Waals surface area contributed by atoms with Crippen LogP contribution in [0.2, 0.25) is 0 Å². The number of hydrogen-bond donors (Lipinski definition) is 3. The van der Waals surface area contributed by atoms with Crippen molar-refractivity contribution in [3.63, 3.8) is 0 Å². The number of carbonyl (C=O) groups is 2. The van der Waals surface area contributed by atoms with Crippen LogP contribution >= 0.6 is 0 Å². The fourth-order valence-corrected chi connectivity index (χ4v) is 3.98. The number of sulfonamides is 1. The van der Waals surface area contributed by atoms with Crippen LogP contribution in [-0.2, 0) is 10.0 Å². The molecule has 0 unspecified atom stereocenters. The normalized spacial score (nSPS) is 10.9. The van der Waals surface area contributed by atoms with Gasteiger partial charge in [0.05, 0.1) is 36.1 Å². The number of halogens is 1. The average molecular weight is 473 g/mol. The second-order valence-electron chi connectivity index (χ2n) is 6.68. The van der Waals surface area contributed by atoms with Crippen molar-refractivity contribution in [2.75, 3.05) is 24.3 Å². The number of nitrogens with two attached hydrogens (primary N) is 1. The molecule has 0 radical (unpaired) electrons. The van der Waals surface area contributed by atoms with Gasteiger partial charge in [0.25, 0.3) is 21.8 Å². The summed E-state index contributed by atoms with van der Waals surface area (Å²) in [5, 5.41) is 2.55. The van der Waals surface area contributed by atoms with E-state index in [1.807, 2.05) is 0 Å². The quantitative estimate of drug-likeness (QED) is 0.460. The van der Waals surface area contributed by atoms with E-state index in [0.29, 0.717) is 0 Å². The summed E-state index contributed by atoms with van der Waals surface area (Å²) < 4.78 is 51.3. The summed E-state index contributed by atoms with van der Waals surface area (Å²) in [5.41, 5.74) is 5.38. The van der Waals surface area contributed by atoms with Crippen molar-refractivity contribution in [3.05, 3.63) is 77.6 Å². The van der Waals surface area contributed by atoms with Crippen LogP contribution in [0.4, 0.5) is 15.8 Å². The molecule has 11 heteroatoms. The first-order valence-electron chi connectivity index (χ1n) is 9.41. The first-order valence-corrected chi connectivity index (χ1v) is 10.9. The average Bonchev–Trinajstić information content (AvgIpc) is 2.80. The molecule has 0 aliphatic rings. The number of anilines is 2. The molecule has 3 rings (SSSR count). The topological polar surface area (TPSA) is 137 Å². The molecule has 0 aromatic heterocycles. The van der Waals surface area contributed by atoms with Crippen LogP contribution in [0, 0.1) is 5.82 Å². The molecule has 4 N–H and O–H groups in total. The van der Waals surface area contributed by atoms with Crippen LogP contribution in [0.1, 0.15) is 20.7 Å². The summed E-state index contributed by atoms with van der Waals surface area (Å²) in [7, 11) is -1.31. The second-order valence-corrected chi connectivity index (χ2v) is 8.36. The molecule has 172 valence electrons. The van der Waals surface area contributed by atoms with Crippen molar-refractivity contribution in [3.8, 4) is 11.5 Å². The highest BCUT2D eigenvalue weighted by atomic mass is 32.2. The van der Waals surface area contributed by atoms with Crippen LogP contribution in [-0.4, -0.2) is 34.5 Å². The molecule has 0 aliphatic heterocycles. The number of methoxy groups -OCH3 is 2. The van der Waals surface area contributed by atoms with Gasteiger partial charge in [0.15, 0.2) is 11.5 Å². The lowest BCUT2D eigenvalue weighted by Crippen LogP contribution is -2.19. The standard InChI is InChI=1S/C22H20FN3O6S/c1-31-19-11-15(21(24)27)18(12-20(19)32-2)25-22(28)13-7-9-14(10-8-13)33(29,30)26-17-6-4-3-5-16(17)23/h3-12,26H,1-2H3,(H2,24,27)(H,25,28). The van der Waals surface area contributed by atoms with E-state index in [-0.39, 0.29) is 38.9 Å². The monoisotopic (exact) mass is 473 g/mol. The predicted octanol–water partition coefficient (Wildman–Crippen LogP) is 2.99. The molecular formula is C22H20FN3O6S. The number of ether oxygens (including phenoxy) is 2. The molecule has 0 bridgehead atoms. The lowest BCUT2D eigenvalue weighted by molar-refractivity contribution is 0.100. The third kappa shape index (κ3) is 5.21. The highest BCUT2D eigenvalue weighted by molar-refractivity contribution is 7.92. The number of primary amides is 1. The Hall–Kier alpha value is -4.12. The summed E-state index contributed by atoms with van der Waals surface area (Å²) in [6, 6.07) is 13.0. The summed E-state index contributed by atoms with van der Waals surface area (Å²) in [6.45, 7) is 0. The summed E-state index contributed by atoms with van der Waals surface area (Å²) in [6.07, 6.45) is 0. The Balaban J connectivity index is 1.84. The Labute approximate surface area is 189 Å². The van der Waals surface area contributed by atoms with Gasteiger partial charge in [-0.05, 0) is 42.5 Å². The van der Waals surface area contributed by atoms with E-state index in [2.05, 4.69) is 10.0 Å². The zero-order valence-electron chi connectivity index (χ0n) is 17.6. The zero-order valence-corrected chi connectivity index (χ0v) is 18.4. The minimum Gasteiger partial charge on any atom is -0.493 e. The lowest BCUT2D eigenvalue weighted by atomic mass is 10.1. The molecule has 0 fully saturated rings. The molecule has 2 amide bonds. The van der Waals surface area contributed by atoms with Crippen molar-refractivity contribution in [1.82, 2.24) is 0 Å². The molecule has 3 aromatic carbocycles. The van der Waals surface area contributed by atoms with Gasteiger partial charge in [-0.15, -0.1) is 0 Å². The molecule has 0 saturated carbocycles. The third-order valence-corrected chi connectivity index (χ3v) is 5.96. The Morgan fingerprint density at radius 3 is 2.09 bits per heavy atom. The van der Waals surface area contributed by atoms with Crippen molar-refractivity contribution >= 4 is 33.2 Å². The summed E-state index contributed by atoms with van der Waals surface area (Å²) in [5.74, 6) is -1.64. The van der Waals surface area contributed by atoms with Crippen LogP contribution in [0.25, 0.3) is 0 Å². The van der Waals surface area contributed by atoms with Crippen molar-refractivity contribution in [2.45, 2.75) is 4.90 Å². The molecule has 0 aliphatic carbocycles. The van der Waals surface area contributed by atoms with Gasteiger partial charge in [-0.2, -0.15) is 0 Å². The van der Waals surface area contributed by atoms with Gasteiger partial charge in [-0.25, -0.2) is 12.8 Å². The number of rotatable bonds is 8. The molecule has 33 heavy (non-hydrogen) atoms. The number of para-hydroxylation sites is 1. The van der Waals surface area contributed by atoms with Crippen LogP contribution < -0.4 is 25.2 Å². The maximum Gasteiger partial charge on any atom is 0.261 e. The van der Waals surface area contributed by atoms with E-state index in [0.717, 1.165) is 6.07 Å². The number of hydrogen-bond acceptors (Lipinski definition) is 6. The van der Waals surface area contributed by atoms with E-state index in [1.165, 1.54) is 68.8 Å². The zero-order chi connectivity index (χ0) is 24.2. The van der Waals surface area contributed by atoms with Crippen molar-refractivity contribution < 1.29 is 31.9 Å². The van der Waals surface area contributed by atoms with E-state index in [1.54, 1.807) is 0 Å². The lowest BCUT2D eigenvalue weighted by Gasteiger charge is -2.14. The van der Waals surface area contributed by atoms with Crippen LogP contribution in [0.5, 0.6) is 11.5 Å². The molecular weight excluding hydrogens is 453 g/mol. The van der Waals surface area contributed by atoms with Crippen molar-refractivity contribution in [2.24, 2.45) is 5.73 Å². The number of carbonyl (C=O) groups excluding carboxylic acids is 2. The second kappa shape index (κ2) is 9.57. The van der Waals surface area contributed by atoms with Gasteiger partial charge in [0.1, 0.15) is 5.82 Å². The predicted molar refractivity (Wildman–Crippen MR) is 120 cm³/mol. The Bertz CT molecular complexity index is 1310. The van der Waals surface area contributed by atoms with E-state index in [9.17, 15) is 22.4 Å². The Morgan fingerprint density at radius 1 is 0.909 bits per heavy atom. The maximum absolute atomic E-state index is 13.8. The molecule has 0 heterocycles. The Kier molecular flexibility index (Phi) is 6.83. The highest BCUT2D eigenvalue weighted by Gasteiger charge is 2.19. The molecule has 0 atom stereocenters. The molecule has 0 spiro atoms. The first kappa shape index (κ1) is 23.5. The molecule has 0 saturated heterocycles. The van der Waals surface area contributed by atoms with Gasteiger partial charge in [-0.1, -0.05) is 12.1 Å². The fourth-order valence-electron chi connectivity index (χ4n) is 2.91. The fraction of sp³-hybridized carbons (Fsp3) is 0.0909. The van der Waals surface area contributed by atoms with Crippen molar-refractivity contribution in [1.29, 1.82) is 0 Å². The van der Waals surface area contributed by atoms with Crippen LogP contribution in [0.3, 0.4) is 0 Å². The van der Waals surface area contributed by atoms with Crippen LogP contribution in [0.15, 0.2) is 65.6 Å². The van der Waals surface area contributed by atoms with Gasteiger partial charge >= 0.3 is 0 Å².